The minimum Gasteiger partial charge on any atom is -0.294 e. The zero-order valence-corrected chi connectivity index (χ0v) is 11.1. The van der Waals surface area contributed by atoms with Crippen molar-refractivity contribution in [1.82, 2.24) is 0 Å². The predicted octanol–water partition coefficient (Wildman–Crippen LogP) is 4.45. The number of Topliss-reactive ketones (excluding diaryl/α,β-unsaturated/α-hetero) is 1. The fraction of sp³-hybridized carbons (Fsp3) is 0.278. The number of hydrogen-bond acceptors (Lipinski definition) is 1. The van der Waals surface area contributed by atoms with Gasteiger partial charge >= 0.3 is 0 Å². The third-order valence-electron chi connectivity index (χ3n) is 3.83. The Hall–Kier alpha value is -1.89. The van der Waals surface area contributed by atoms with Crippen LogP contribution in [-0.2, 0) is 11.2 Å². The number of hydrogen-bond donors (Lipinski definition) is 0. The Morgan fingerprint density at radius 2 is 1.84 bits per heavy atom. The molecular formula is C18H18O. The highest BCUT2D eigenvalue weighted by Gasteiger charge is 2.12. The highest BCUT2D eigenvalue weighted by atomic mass is 16.1. The van der Waals surface area contributed by atoms with Crippen molar-refractivity contribution in [3.8, 4) is 0 Å². The number of ketones is 1. The van der Waals surface area contributed by atoms with Crippen LogP contribution in [0.4, 0.5) is 0 Å². The number of carbonyl (C=O) groups excluding carboxylic acids is 1. The highest BCUT2D eigenvalue weighted by Crippen LogP contribution is 2.21. The van der Waals surface area contributed by atoms with Crippen molar-refractivity contribution < 1.29 is 4.79 Å². The van der Waals surface area contributed by atoms with E-state index in [1.54, 1.807) is 0 Å². The molecule has 2 aromatic rings. The van der Waals surface area contributed by atoms with Gasteiger partial charge in [-0.05, 0) is 47.6 Å². The molecular weight excluding hydrogens is 232 g/mol. The lowest BCUT2D eigenvalue weighted by molar-refractivity contribution is -0.115. The first-order valence-electron chi connectivity index (χ1n) is 7.03. The Bertz CT molecular complexity index is 637. The summed E-state index contributed by atoms with van der Waals surface area (Å²) in [7, 11) is 0. The van der Waals surface area contributed by atoms with Crippen molar-refractivity contribution in [2.75, 3.05) is 0 Å². The van der Waals surface area contributed by atoms with Gasteiger partial charge in [0.15, 0.2) is 5.78 Å². The SMILES string of the molecule is O=C(Cc1ccc2ccccc2c1)C1=CCCCC1. The first-order chi connectivity index (χ1) is 9.33. The Kier molecular flexibility index (Phi) is 3.45. The lowest BCUT2D eigenvalue weighted by atomic mass is 9.93. The van der Waals surface area contributed by atoms with Crippen LogP contribution in [0, 0.1) is 0 Å². The average molecular weight is 250 g/mol. The van der Waals surface area contributed by atoms with Gasteiger partial charge in [-0.3, -0.25) is 4.79 Å². The number of benzene rings is 2. The Balaban J connectivity index is 1.81. The van der Waals surface area contributed by atoms with E-state index in [0.29, 0.717) is 12.2 Å². The van der Waals surface area contributed by atoms with Crippen LogP contribution in [0.1, 0.15) is 31.2 Å². The summed E-state index contributed by atoms with van der Waals surface area (Å²) in [6.45, 7) is 0. The molecule has 1 aliphatic rings. The van der Waals surface area contributed by atoms with Crippen LogP contribution in [0.25, 0.3) is 10.8 Å². The topological polar surface area (TPSA) is 17.1 Å². The third-order valence-corrected chi connectivity index (χ3v) is 3.83. The van der Waals surface area contributed by atoms with Gasteiger partial charge in [0.05, 0.1) is 0 Å². The molecule has 3 rings (SSSR count). The van der Waals surface area contributed by atoms with Crippen molar-refractivity contribution in [3.63, 3.8) is 0 Å². The first-order valence-corrected chi connectivity index (χ1v) is 7.03. The van der Waals surface area contributed by atoms with Gasteiger partial charge in [0.1, 0.15) is 0 Å². The molecule has 0 saturated carbocycles. The maximum atomic E-state index is 12.2. The predicted molar refractivity (Wildman–Crippen MR) is 79.2 cm³/mol. The Morgan fingerprint density at radius 3 is 2.63 bits per heavy atom. The quantitative estimate of drug-likeness (QED) is 0.786. The second-order valence-electron chi connectivity index (χ2n) is 5.26. The van der Waals surface area contributed by atoms with Gasteiger partial charge in [-0.15, -0.1) is 0 Å². The lowest BCUT2D eigenvalue weighted by Crippen LogP contribution is -2.08. The standard InChI is InChI=1S/C18H18O/c19-18(16-7-2-1-3-8-16)13-14-10-11-15-6-4-5-9-17(15)12-14/h4-7,9-12H,1-3,8,13H2. The Labute approximate surface area is 113 Å². The van der Waals surface area contributed by atoms with Gasteiger partial charge < -0.3 is 0 Å². The molecule has 19 heavy (non-hydrogen) atoms. The molecule has 0 radical (unpaired) electrons. The molecule has 0 unspecified atom stereocenters. The van der Waals surface area contributed by atoms with E-state index in [1.165, 1.54) is 17.2 Å². The maximum Gasteiger partial charge on any atom is 0.162 e. The van der Waals surface area contributed by atoms with E-state index < -0.39 is 0 Å². The lowest BCUT2D eigenvalue weighted by Gasteiger charge is -2.11. The molecule has 2 aromatic carbocycles. The minimum absolute atomic E-state index is 0.301. The zero-order valence-electron chi connectivity index (χ0n) is 11.1. The van der Waals surface area contributed by atoms with E-state index >= 15 is 0 Å². The molecule has 96 valence electrons. The van der Waals surface area contributed by atoms with Crippen LogP contribution < -0.4 is 0 Å². The van der Waals surface area contributed by atoms with Crippen molar-refractivity contribution in [2.45, 2.75) is 32.1 Å². The van der Waals surface area contributed by atoms with Gasteiger partial charge in [-0.1, -0.05) is 48.5 Å². The summed E-state index contributed by atoms with van der Waals surface area (Å²) in [5, 5.41) is 2.45. The summed E-state index contributed by atoms with van der Waals surface area (Å²) in [6.07, 6.45) is 7.09. The van der Waals surface area contributed by atoms with Gasteiger partial charge in [0, 0.05) is 6.42 Å². The van der Waals surface area contributed by atoms with Crippen molar-refractivity contribution in [3.05, 3.63) is 59.7 Å². The fourth-order valence-corrected chi connectivity index (χ4v) is 2.74. The molecule has 1 heteroatoms. The molecule has 0 aromatic heterocycles. The van der Waals surface area contributed by atoms with Crippen LogP contribution in [-0.4, -0.2) is 5.78 Å². The number of fused-ring (bicyclic) bond motifs is 1. The van der Waals surface area contributed by atoms with Crippen molar-refractivity contribution in [2.24, 2.45) is 0 Å². The highest BCUT2D eigenvalue weighted by molar-refractivity contribution is 5.97. The molecule has 0 heterocycles. The molecule has 0 aliphatic heterocycles. The smallest absolute Gasteiger partial charge is 0.162 e. The van der Waals surface area contributed by atoms with Crippen molar-refractivity contribution in [1.29, 1.82) is 0 Å². The van der Waals surface area contributed by atoms with E-state index in [2.05, 4.69) is 36.4 Å². The molecule has 0 fully saturated rings. The summed E-state index contributed by atoms with van der Waals surface area (Å²) in [5.41, 5.74) is 2.16. The van der Waals surface area contributed by atoms with Gasteiger partial charge in [-0.25, -0.2) is 0 Å². The summed E-state index contributed by atoms with van der Waals surface area (Å²) >= 11 is 0. The molecule has 0 spiro atoms. The van der Waals surface area contributed by atoms with E-state index in [0.717, 1.165) is 30.4 Å². The number of allylic oxidation sites excluding steroid dienone is 2. The number of rotatable bonds is 3. The monoisotopic (exact) mass is 250 g/mol. The molecule has 0 bridgehead atoms. The minimum atomic E-state index is 0.301. The molecule has 0 atom stereocenters. The second-order valence-corrected chi connectivity index (χ2v) is 5.26. The summed E-state index contributed by atoms with van der Waals surface area (Å²) < 4.78 is 0. The maximum absolute atomic E-state index is 12.2. The summed E-state index contributed by atoms with van der Waals surface area (Å²) in [5.74, 6) is 0.301. The van der Waals surface area contributed by atoms with E-state index in [1.807, 2.05) is 12.1 Å². The van der Waals surface area contributed by atoms with Gasteiger partial charge in [0.2, 0.25) is 0 Å². The molecule has 0 saturated heterocycles. The van der Waals surface area contributed by atoms with Crippen LogP contribution in [0.15, 0.2) is 54.1 Å². The van der Waals surface area contributed by atoms with E-state index in [9.17, 15) is 4.79 Å². The molecule has 0 amide bonds. The van der Waals surface area contributed by atoms with E-state index in [4.69, 9.17) is 0 Å². The average Bonchev–Trinajstić information content (AvgIpc) is 2.48. The summed E-state index contributed by atoms with van der Waals surface area (Å²) in [6, 6.07) is 14.6. The third kappa shape index (κ3) is 2.76. The zero-order chi connectivity index (χ0) is 13.1. The van der Waals surface area contributed by atoms with E-state index in [-0.39, 0.29) is 0 Å². The van der Waals surface area contributed by atoms with Crippen LogP contribution >= 0.6 is 0 Å². The Morgan fingerprint density at radius 1 is 1.00 bits per heavy atom. The number of carbonyl (C=O) groups is 1. The van der Waals surface area contributed by atoms with Gasteiger partial charge in [-0.2, -0.15) is 0 Å². The largest absolute Gasteiger partial charge is 0.294 e. The first kappa shape index (κ1) is 12.2. The molecule has 1 nitrogen and oxygen atoms in total. The van der Waals surface area contributed by atoms with Crippen LogP contribution in [0.5, 0.6) is 0 Å². The van der Waals surface area contributed by atoms with Crippen LogP contribution in [0.2, 0.25) is 0 Å². The van der Waals surface area contributed by atoms with Gasteiger partial charge in [0.25, 0.3) is 0 Å². The van der Waals surface area contributed by atoms with Crippen molar-refractivity contribution >= 4 is 16.6 Å². The molecule has 1 aliphatic carbocycles. The fourth-order valence-electron chi connectivity index (χ4n) is 2.74. The normalized spacial score (nSPS) is 15.3. The summed E-state index contributed by atoms with van der Waals surface area (Å²) in [4.78, 5) is 12.2. The molecule has 0 N–H and O–H groups in total. The van der Waals surface area contributed by atoms with Crippen LogP contribution in [0.3, 0.4) is 0 Å². The second kappa shape index (κ2) is 5.40.